The van der Waals surface area contributed by atoms with E-state index in [-0.39, 0.29) is 17.2 Å². The summed E-state index contributed by atoms with van der Waals surface area (Å²) in [5.41, 5.74) is 2.41. The number of anilines is 2. The van der Waals surface area contributed by atoms with Crippen LogP contribution >= 0.6 is 23.2 Å². The summed E-state index contributed by atoms with van der Waals surface area (Å²) >= 11 is 11.8. The maximum absolute atomic E-state index is 12.2. The summed E-state index contributed by atoms with van der Waals surface area (Å²) in [6, 6.07) is 12.5. The first-order chi connectivity index (χ1) is 11.0. The van der Waals surface area contributed by atoms with E-state index in [0.717, 1.165) is 5.56 Å². The Kier molecular flexibility index (Phi) is 4.32. The molecule has 0 spiro atoms. The Balaban J connectivity index is 1.88. The molecule has 0 fully saturated rings. The van der Waals surface area contributed by atoms with Crippen LogP contribution < -0.4 is 10.9 Å². The van der Waals surface area contributed by atoms with Crippen LogP contribution in [-0.2, 0) is 0 Å². The first kappa shape index (κ1) is 15.5. The predicted molar refractivity (Wildman–Crippen MR) is 92.6 cm³/mol. The first-order valence-corrected chi connectivity index (χ1v) is 7.54. The Morgan fingerprint density at radius 3 is 2.39 bits per heavy atom. The van der Waals surface area contributed by atoms with Crippen molar-refractivity contribution in [2.24, 2.45) is 0 Å². The van der Waals surface area contributed by atoms with Gasteiger partial charge in [-0.2, -0.15) is 0 Å². The maximum Gasteiger partial charge on any atom is 0.279 e. The molecular formula is C16H12Cl2N4O. The van der Waals surface area contributed by atoms with Gasteiger partial charge in [-0.25, -0.2) is 0 Å². The number of rotatable bonds is 3. The smallest absolute Gasteiger partial charge is 0.279 e. The Labute approximate surface area is 142 Å². The lowest BCUT2D eigenvalue weighted by Gasteiger charge is -2.06. The quantitative estimate of drug-likeness (QED) is 0.745. The van der Waals surface area contributed by atoms with E-state index >= 15 is 0 Å². The van der Waals surface area contributed by atoms with Gasteiger partial charge < -0.3 is 5.32 Å². The number of nitrogens with one attached hydrogen (secondary N) is 2. The summed E-state index contributed by atoms with van der Waals surface area (Å²) in [5.74, 6) is 0.226. The van der Waals surface area contributed by atoms with Crippen molar-refractivity contribution < 1.29 is 0 Å². The van der Waals surface area contributed by atoms with E-state index in [2.05, 4.69) is 20.5 Å². The molecule has 116 valence electrons. The summed E-state index contributed by atoms with van der Waals surface area (Å²) in [7, 11) is 0. The molecule has 0 unspecified atom stereocenters. The van der Waals surface area contributed by atoms with Crippen molar-refractivity contribution in [3.8, 4) is 11.3 Å². The van der Waals surface area contributed by atoms with E-state index in [9.17, 15) is 4.79 Å². The molecule has 0 aliphatic heterocycles. The van der Waals surface area contributed by atoms with E-state index < -0.39 is 0 Å². The lowest BCUT2D eigenvalue weighted by molar-refractivity contribution is 0.962. The molecule has 3 rings (SSSR count). The molecule has 0 amide bonds. The minimum absolute atomic E-state index is 0.226. The molecule has 2 aromatic carbocycles. The lowest BCUT2D eigenvalue weighted by Crippen LogP contribution is -2.15. The molecule has 7 heteroatoms. The molecule has 23 heavy (non-hydrogen) atoms. The number of hydrogen-bond donors (Lipinski definition) is 2. The van der Waals surface area contributed by atoms with Gasteiger partial charge in [-0.1, -0.05) is 53.0 Å². The van der Waals surface area contributed by atoms with Crippen molar-refractivity contribution in [2.75, 3.05) is 5.32 Å². The largest absolute Gasteiger partial charge is 0.324 e. The molecule has 0 bridgehead atoms. The van der Waals surface area contributed by atoms with Crippen LogP contribution in [0.2, 0.25) is 10.0 Å². The number of halogens is 2. The third kappa shape index (κ3) is 3.52. The zero-order valence-corrected chi connectivity index (χ0v) is 13.6. The van der Waals surface area contributed by atoms with Crippen LogP contribution in [0.25, 0.3) is 11.3 Å². The summed E-state index contributed by atoms with van der Waals surface area (Å²) in [5, 5.41) is 11.8. The molecule has 0 saturated carbocycles. The highest BCUT2D eigenvalue weighted by Gasteiger charge is 2.08. The normalized spacial score (nSPS) is 10.6. The van der Waals surface area contributed by atoms with Crippen molar-refractivity contribution in [3.05, 3.63) is 68.4 Å². The highest BCUT2D eigenvalue weighted by atomic mass is 35.5. The van der Waals surface area contributed by atoms with Gasteiger partial charge in [0, 0.05) is 11.3 Å². The molecule has 2 N–H and O–H groups in total. The van der Waals surface area contributed by atoms with Gasteiger partial charge in [0.1, 0.15) is 0 Å². The highest BCUT2D eigenvalue weighted by molar-refractivity contribution is 6.42. The van der Waals surface area contributed by atoms with Crippen molar-refractivity contribution in [1.82, 2.24) is 15.2 Å². The first-order valence-electron chi connectivity index (χ1n) is 6.79. The number of hydrogen-bond acceptors (Lipinski definition) is 4. The standard InChI is InChI=1S/C16H12Cl2N4O/c1-9-2-4-10(5-3-9)14-15(23)20-16(22-21-14)19-11-6-7-12(17)13(18)8-11/h2-8H,1H3,(H2,19,20,22,23). The van der Waals surface area contributed by atoms with E-state index in [1.807, 2.05) is 31.2 Å². The molecular weight excluding hydrogens is 335 g/mol. The highest BCUT2D eigenvalue weighted by Crippen LogP contribution is 2.26. The van der Waals surface area contributed by atoms with Gasteiger partial charge in [0.15, 0.2) is 5.69 Å². The number of H-pyrrole nitrogens is 1. The summed E-state index contributed by atoms with van der Waals surface area (Å²) in [4.78, 5) is 14.8. The van der Waals surface area contributed by atoms with E-state index in [1.54, 1.807) is 18.2 Å². The molecule has 1 heterocycles. The van der Waals surface area contributed by atoms with Crippen molar-refractivity contribution in [1.29, 1.82) is 0 Å². The van der Waals surface area contributed by atoms with Gasteiger partial charge in [-0.05, 0) is 25.1 Å². The SMILES string of the molecule is Cc1ccc(-c2nnc(Nc3ccc(Cl)c(Cl)c3)[nH]c2=O)cc1. The van der Waals surface area contributed by atoms with Gasteiger partial charge in [0.25, 0.3) is 5.56 Å². The molecule has 0 saturated heterocycles. The van der Waals surface area contributed by atoms with Gasteiger partial charge in [0.05, 0.1) is 10.0 Å². The predicted octanol–water partition coefficient (Wildman–Crippen LogP) is 4.19. The molecule has 0 atom stereocenters. The summed E-state index contributed by atoms with van der Waals surface area (Å²) in [6.07, 6.45) is 0. The second-order valence-corrected chi connectivity index (χ2v) is 5.79. The van der Waals surface area contributed by atoms with Crippen molar-refractivity contribution in [2.45, 2.75) is 6.92 Å². The van der Waals surface area contributed by atoms with E-state index in [4.69, 9.17) is 23.2 Å². The van der Waals surface area contributed by atoms with Crippen LogP contribution in [0.4, 0.5) is 11.6 Å². The minimum atomic E-state index is -0.327. The second-order valence-electron chi connectivity index (χ2n) is 4.97. The minimum Gasteiger partial charge on any atom is -0.324 e. The Bertz CT molecular complexity index is 907. The van der Waals surface area contributed by atoms with Crippen molar-refractivity contribution in [3.63, 3.8) is 0 Å². The summed E-state index contributed by atoms with van der Waals surface area (Å²) < 4.78 is 0. The topological polar surface area (TPSA) is 70.7 Å². The second kappa shape index (κ2) is 6.40. The van der Waals surface area contributed by atoms with Crippen LogP contribution in [0.5, 0.6) is 0 Å². The van der Waals surface area contributed by atoms with Crippen molar-refractivity contribution >= 4 is 34.8 Å². The average Bonchev–Trinajstić information content (AvgIpc) is 2.52. The van der Waals surface area contributed by atoms with E-state index in [1.165, 1.54) is 0 Å². The molecule has 0 aliphatic carbocycles. The number of aryl methyl sites for hydroxylation is 1. The van der Waals surface area contributed by atoms with Gasteiger partial charge in [-0.15, -0.1) is 10.2 Å². The van der Waals surface area contributed by atoms with Crippen LogP contribution in [0.3, 0.4) is 0 Å². The Hall–Kier alpha value is -2.37. The molecule has 0 radical (unpaired) electrons. The van der Waals surface area contributed by atoms with Crippen LogP contribution in [0.1, 0.15) is 5.56 Å². The third-order valence-corrected chi connectivity index (χ3v) is 3.94. The zero-order chi connectivity index (χ0) is 16.4. The fourth-order valence-electron chi connectivity index (χ4n) is 2.00. The van der Waals surface area contributed by atoms with Gasteiger partial charge >= 0.3 is 0 Å². The van der Waals surface area contributed by atoms with E-state index in [0.29, 0.717) is 21.3 Å². The van der Waals surface area contributed by atoms with Gasteiger partial charge in [0.2, 0.25) is 5.95 Å². The monoisotopic (exact) mass is 346 g/mol. The molecule has 0 aliphatic rings. The third-order valence-electron chi connectivity index (χ3n) is 3.20. The molecule has 3 aromatic rings. The molecule has 5 nitrogen and oxygen atoms in total. The lowest BCUT2D eigenvalue weighted by atomic mass is 10.1. The number of aromatic nitrogens is 3. The zero-order valence-electron chi connectivity index (χ0n) is 12.1. The fourth-order valence-corrected chi connectivity index (χ4v) is 2.30. The number of aromatic amines is 1. The van der Waals surface area contributed by atoms with Crippen LogP contribution in [-0.4, -0.2) is 15.2 Å². The Morgan fingerprint density at radius 1 is 1.00 bits per heavy atom. The number of benzene rings is 2. The average molecular weight is 347 g/mol. The number of nitrogens with zero attached hydrogens (tertiary/aromatic N) is 2. The Morgan fingerprint density at radius 2 is 1.74 bits per heavy atom. The van der Waals surface area contributed by atoms with Crippen LogP contribution in [0.15, 0.2) is 47.3 Å². The summed E-state index contributed by atoms with van der Waals surface area (Å²) in [6.45, 7) is 1.98. The molecule has 1 aromatic heterocycles. The maximum atomic E-state index is 12.2. The van der Waals surface area contributed by atoms with Crippen LogP contribution in [0, 0.1) is 6.92 Å². The fraction of sp³-hybridized carbons (Fsp3) is 0.0625. The van der Waals surface area contributed by atoms with Gasteiger partial charge in [-0.3, -0.25) is 9.78 Å².